The van der Waals surface area contributed by atoms with Crippen LogP contribution in [-0.4, -0.2) is 39.6 Å². The molecule has 0 saturated carbocycles. The minimum Gasteiger partial charge on any atom is -0.370 e. The second-order valence-electron chi connectivity index (χ2n) is 6.73. The van der Waals surface area contributed by atoms with Crippen LogP contribution in [0.1, 0.15) is 56.5 Å². The highest BCUT2D eigenvalue weighted by atomic mass is 16.2. The summed E-state index contributed by atoms with van der Waals surface area (Å²) in [5, 5.41) is 4.56. The van der Waals surface area contributed by atoms with Gasteiger partial charge in [-0.1, -0.05) is 13.8 Å². The van der Waals surface area contributed by atoms with E-state index in [2.05, 4.69) is 18.9 Å². The Morgan fingerprint density at radius 2 is 1.96 bits per heavy atom. The van der Waals surface area contributed by atoms with E-state index < -0.39 is 0 Å². The molecule has 2 N–H and O–H groups in total. The second kappa shape index (κ2) is 8.31. The highest BCUT2D eigenvalue weighted by Crippen LogP contribution is 2.22. The largest absolute Gasteiger partial charge is 0.370 e. The molecule has 0 aliphatic carbocycles. The Labute approximate surface area is 144 Å². The van der Waals surface area contributed by atoms with Crippen molar-refractivity contribution in [2.24, 2.45) is 18.7 Å². The third kappa shape index (κ3) is 4.36. The van der Waals surface area contributed by atoms with Crippen molar-refractivity contribution in [2.45, 2.75) is 58.8 Å². The number of aryl methyl sites for hydroxylation is 2. The SMILES string of the molecule is CCc1nn(C)c(CC)c1CC(=O)N1CCCC(CC(N)=O)CC1. The van der Waals surface area contributed by atoms with Crippen molar-refractivity contribution < 1.29 is 9.59 Å². The van der Waals surface area contributed by atoms with Gasteiger partial charge in [-0.05, 0) is 38.0 Å². The average molecular weight is 334 g/mol. The zero-order chi connectivity index (χ0) is 17.7. The van der Waals surface area contributed by atoms with Gasteiger partial charge in [-0.2, -0.15) is 5.10 Å². The number of amides is 2. The maximum atomic E-state index is 12.8. The zero-order valence-corrected chi connectivity index (χ0v) is 15.2. The maximum Gasteiger partial charge on any atom is 0.227 e. The molecule has 0 radical (unpaired) electrons. The fourth-order valence-corrected chi connectivity index (χ4v) is 3.76. The third-order valence-corrected chi connectivity index (χ3v) is 5.05. The summed E-state index contributed by atoms with van der Waals surface area (Å²) in [6.07, 6.45) is 5.37. The predicted octanol–water partition coefficient (Wildman–Crippen LogP) is 1.59. The number of nitrogens with two attached hydrogens (primary N) is 1. The lowest BCUT2D eigenvalue weighted by molar-refractivity contribution is -0.130. The van der Waals surface area contributed by atoms with Crippen molar-refractivity contribution >= 4 is 11.8 Å². The molecule has 134 valence electrons. The molecule has 2 heterocycles. The van der Waals surface area contributed by atoms with Crippen molar-refractivity contribution in [1.29, 1.82) is 0 Å². The number of primary amides is 1. The summed E-state index contributed by atoms with van der Waals surface area (Å²) < 4.78 is 1.91. The molecule has 6 heteroatoms. The van der Waals surface area contributed by atoms with Gasteiger partial charge in [0.1, 0.15) is 0 Å². The second-order valence-corrected chi connectivity index (χ2v) is 6.73. The normalized spacial score (nSPS) is 18.5. The Morgan fingerprint density at radius 1 is 1.21 bits per heavy atom. The van der Waals surface area contributed by atoms with E-state index in [9.17, 15) is 9.59 Å². The summed E-state index contributed by atoms with van der Waals surface area (Å²) in [6, 6.07) is 0. The Bertz CT molecular complexity index is 594. The molecule has 24 heavy (non-hydrogen) atoms. The molecule has 1 aromatic rings. The first-order valence-electron chi connectivity index (χ1n) is 9.05. The molecule has 1 atom stereocenters. The van der Waals surface area contributed by atoms with Gasteiger partial charge >= 0.3 is 0 Å². The zero-order valence-electron chi connectivity index (χ0n) is 15.2. The summed E-state index contributed by atoms with van der Waals surface area (Å²) in [7, 11) is 1.95. The van der Waals surface area contributed by atoms with Crippen LogP contribution in [0, 0.1) is 5.92 Å². The van der Waals surface area contributed by atoms with Crippen molar-refractivity contribution in [3.8, 4) is 0 Å². The molecule has 0 spiro atoms. The first-order chi connectivity index (χ1) is 11.5. The molecule has 1 aliphatic heterocycles. The Balaban J connectivity index is 2.04. The van der Waals surface area contributed by atoms with Gasteiger partial charge in [0.05, 0.1) is 12.1 Å². The van der Waals surface area contributed by atoms with E-state index in [1.807, 2.05) is 16.6 Å². The number of likely N-dealkylation sites (tertiary alicyclic amines) is 1. The number of rotatable bonds is 6. The lowest BCUT2D eigenvalue weighted by atomic mass is 9.97. The molecule has 1 aliphatic rings. The number of hydrogen-bond acceptors (Lipinski definition) is 3. The molecule has 2 rings (SSSR count). The first-order valence-corrected chi connectivity index (χ1v) is 9.05. The molecule has 6 nitrogen and oxygen atoms in total. The van der Waals surface area contributed by atoms with Gasteiger partial charge in [-0.15, -0.1) is 0 Å². The van der Waals surface area contributed by atoms with E-state index in [4.69, 9.17) is 5.73 Å². The molecule has 0 aromatic carbocycles. The molecular weight excluding hydrogens is 304 g/mol. The van der Waals surface area contributed by atoms with Gasteiger partial charge in [-0.25, -0.2) is 0 Å². The predicted molar refractivity (Wildman–Crippen MR) is 93.4 cm³/mol. The van der Waals surface area contributed by atoms with Gasteiger partial charge in [0.2, 0.25) is 11.8 Å². The summed E-state index contributed by atoms with van der Waals surface area (Å²) in [6.45, 7) is 5.68. The average Bonchev–Trinajstić information content (AvgIpc) is 2.70. The van der Waals surface area contributed by atoms with Gasteiger partial charge in [0.15, 0.2) is 0 Å². The van der Waals surface area contributed by atoms with Gasteiger partial charge in [-0.3, -0.25) is 14.3 Å². The van der Waals surface area contributed by atoms with Crippen molar-refractivity contribution in [3.05, 3.63) is 17.0 Å². The number of aromatic nitrogens is 2. The summed E-state index contributed by atoms with van der Waals surface area (Å²) in [5.74, 6) is 0.249. The first kappa shape index (κ1) is 18.5. The summed E-state index contributed by atoms with van der Waals surface area (Å²) >= 11 is 0. The number of hydrogen-bond donors (Lipinski definition) is 1. The lowest BCUT2D eigenvalue weighted by Gasteiger charge is -2.21. The molecule has 2 amide bonds. The number of carbonyl (C=O) groups is 2. The Morgan fingerprint density at radius 3 is 2.58 bits per heavy atom. The Hall–Kier alpha value is -1.85. The van der Waals surface area contributed by atoms with E-state index in [-0.39, 0.29) is 11.8 Å². The van der Waals surface area contributed by atoms with Gasteiger partial charge in [0, 0.05) is 37.8 Å². The topological polar surface area (TPSA) is 81.2 Å². The smallest absolute Gasteiger partial charge is 0.227 e. The van der Waals surface area contributed by atoms with Crippen LogP contribution < -0.4 is 5.73 Å². The van der Waals surface area contributed by atoms with Crippen LogP contribution in [0.25, 0.3) is 0 Å². The van der Waals surface area contributed by atoms with Crippen LogP contribution >= 0.6 is 0 Å². The van der Waals surface area contributed by atoms with E-state index in [1.165, 1.54) is 0 Å². The standard InChI is InChI=1S/C18H30N4O2/c1-4-15-14(16(5-2)21(3)20-15)12-18(24)22-9-6-7-13(8-10-22)11-17(19)23/h13H,4-12H2,1-3H3,(H2,19,23). The highest BCUT2D eigenvalue weighted by molar-refractivity contribution is 5.79. The number of carbonyl (C=O) groups excluding carboxylic acids is 2. The van der Waals surface area contributed by atoms with Crippen LogP contribution in [0.3, 0.4) is 0 Å². The Kier molecular flexibility index (Phi) is 6.40. The highest BCUT2D eigenvalue weighted by Gasteiger charge is 2.24. The van der Waals surface area contributed by atoms with E-state index in [0.29, 0.717) is 18.8 Å². The fraction of sp³-hybridized carbons (Fsp3) is 0.722. The van der Waals surface area contributed by atoms with Crippen LogP contribution in [0.5, 0.6) is 0 Å². The van der Waals surface area contributed by atoms with Crippen LogP contribution in [0.15, 0.2) is 0 Å². The van der Waals surface area contributed by atoms with E-state index >= 15 is 0 Å². The fourth-order valence-electron chi connectivity index (χ4n) is 3.76. The number of nitrogens with zero attached hydrogens (tertiary/aromatic N) is 3. The lowest BCUT2D eigenvalue weighted by Crippen LogP contribution is -2.33. The van der Waals surface area contributed by atoms with E-state index in [0.717, 1.165) is 62.1 Å². The van der Waals surface area contributed by atoms with Crippen molar-refractivity contribution in [2.75, 3.05) is 13.1 Å². The monoisotopic (exact) mass is 334 g/mol. The third-order valence-electron chi connectivity index (χ3n) is 5.05. The summed E-state index contributed by atoms with van der Waals surface area (Å²) in [4.78, 5) is 25.9. The molecule has 0 bridgehead atoms. The van der Waals surface area contributed by atoms with Gasteiger partial charge in [0.25, 0.3) is 0 Å². The molecular formula is C18H30N4O2. The molecule has 1 unspecified atom stereocenters. The van der Waals surface area contributed by atoms with Crippen LogP contribution in [0.4, 0.5) is 0 Å². The van der Waals surface area contributed by atoms with Gasteiger partial charge < -0.3 is 10.6 Å². The minimum atomic E-state index is -0.240. The summed E-state index contributed by atoms with van der Waals surface area (Å²) in [5.41, 5.74) is 8.60. The van der Waals surface area contributed by atoms with Crippen molar-refractivity contribution in [3.63, 3.8) is 0 Å². The quantitative estimate of drug-likeness (QED) is 0.858. The molecule has 1 fully saturated rings. The molecule has 1 saturated heterocycles. The maximum absolute atomic E-state index is 12.8. The molecule has 1 aromatic heterocycles. The van der Waals surface area contributed by atoms with Crippen LogP contribution in [-0.2, 0) is 35.9 Å². The van der Waals surface area contributed by atoms with Crippen LogP contribution in [0.2, 0.25) is 0 Å². The van der Waals surface area contributed by atoms with E-state index in [1.54, 1.807) is 0 Å². The minimum absolute atomic E-state index is 0.173. The van der Waals surface area contributed by atoms with Crippen molar-refractivity contribution in [1.82, 2.24) is 14.7 Å².